The average Bonchev–Trinajstić information content (AvgIpc) is 2.78. The van der Waals surface area contributed by atoms with E-state index in [1.165, 1.54) is 0 Å². The zero-order valence-electron chi connectivity index (χ0n) is 28.1. The molecule has 0 aromatic rings. The van der Waals surface area contributed by atoms with E-state index in [9.17, 15) is 9.59 Å². The lowest BCUT2D eigenvalue weighted by Gasteiger charge is -2.62. The van der Waals surface area contributed by atoms with Gasteiger partial charge in [0.1, 0.15) is 0 Å². The first-order chi connectivity index (χ1) is 18.6. The highest BCUT2D eigenvalue weighted by Crippen LogP contribution is 2.56. The zero-order chi connectivity index (χ0) is 31.4. The minimum Gasteiger partial charge on any atom is -0.415 e. The van der Waals surface area contributed by atoms with Crippen LogP contribution in [0.5, 0.6) is 0 Å². The minimum atomic E-state index is -3.49. The fourth-order valence-corrected chi connectivity index (χ4v) is 62.1. The third-order valence-corrected chi connectivity index (χ3v) is 51.5. The number of rotatable bonds is 9. The first-order valence-corrected chi connectivity index (χ1v) is 31.1. The summed E-state index contributed by atoms with van der Waals surface area (Å²) in [6.45, 7) is 28.2. The summed E-state index contributed by atoms with van der Waals surface area (Å²) in [4.78, 5) is 25.4. The van der Waals surface area contributed by atoms with E-state index in [0.717, 1.165) is 6.42 Å². The lowest BCUT2D eigenvalue weighted by Crippen LogP contribution is -2.80. The topological polar surface area (TPSA) is 122 Å². The third kappa shape index (κ3) is 6.83. The van der Waals surface area contributed by atoms with E-state index in [1.807, 2.05) is 0 Å². The number of fused-ring (bicyclic) bond motifs is 3. The molecule has 0 aromatic carbocycles. The van der Waals surface area contributed by atoms with Gasteiger partial charge in [-0.15, -0.1) is 0 Å². The molecule has 3 saturated heterocycles. The molecule has 3 rings (SSSR count). The predicted octanol–water partition coefficient (Wildman–Crippen LogP) is 6.26. The molecule has 7 unspecified atom stereocenters. The summed E-state index contributed by atoms with van der Waals surface area (Å²) in [7, 11) is -22.8. The van der Waals surface area contributed by atoms with Crippen LogP contribution in [-0.2, 0) is 24.7 Å². The molecule has 3 fully saturated rings. The number of hydrogen-bond acceptors (Lipinski definition) is 9. The van der Waals surface area contributed by atoms with Crippen LogP contribution in [0.15, 0.2) is 0 Å². The molecule has 0 amide bonds. The molecule has 0 aromatic heterocycles. The minimum absolute atomic E-state index is 0.0171. The predicted molar refractivity (Wildman–Crippen MR) is 181 cm³/mol. The fraction of sp³-hybridized carbons (Fsp3) is 1.00. The molecule has 3 aliphatic rings. The quantitative estimate of drug-likeness (QED) is 0.239. The van der Waals surface area contributed by atoms with Crippen molar-refractivity contribution in [2.24, 2.45) is 5.73 Å². The average molecular weight is 700 g/mol. The van der Waals surface area contributed by atoms with Crippen LogP contribution in [0.1, 0.15) is 89.5 Å². The molecule has 7 atom stereocenters. The van der Waals surface area contributed by atoms with Gasteiger partial charge in [0.05, 0.1) is 0 Å². The molecule has 0 saturated carbocycles. The molecule has 242 valence electrons. The summed E-state index contributed by atoms with van der Waals surface area (Å²) in [5.41, 5.74) is 7.50. The molecular weight excluding hydrogens is 639 g/mol. The Morgan fingerprint density at radius 1 is 0.537 bits per heavy atom. The highest BCUT2D eigenvalue weighted by molar-refractivity contribution is 7.08. The molecule has 0 aliphatic carbocycles. The van der Waals surface area contributed by atoms with Crippen molar-refractivity contribution in [3.63, 3.8) is 0 Å². The van der Waals surface area contributed by atoms with E-state index in [0.29, 0.717) is 29.6 Å². The molecule has 3 heterocycles. The Labute approximate surface area is 257 Å². The second-order valence-electron chi connectivity index (χ2n) is 15.0. The fourth-order valence-electron chi connectivity index (χ4n) is 6.22. The van der Waals surface area contributed by atoms with Crippen molar-refractivity contribution in [3.8, 4) is 0 Å². The van der Waals surface area contributed by atoms with Gasteiger partial charge in [-0.1, -0.05) is 83.1 Å². The summed E-state index contributed by atoms with van der Waals surface area (Å²) in [5, 5.41) is 0. The Kier molecular flexibility index (Phi) is 11.1. The van der Waals surface area contributed by atoms with Gasteiger partial charge in [0, 0.05) is 17.0 Å². The van der Waals surface area contributed by atoms with Crippen LogP contribution in [0.25, 0.3) is 0 Å². The number of nitrogens with two attached hydrogens (primary N) is 1. The van der Waals surface area contributed by atoms with E-state index in [4.69, 9.17) is 30.4 Å². The summed E-state index contributed by atoms with van der Waals surface area (Å²) in [6, 6.07) is 0.705. The van der Waals surface area contributed by atoms with Gasteiger partial charge in [-0.2, -0.15) is 0 Å². The maximum Gasteiger partial charge on any atom is 0.331 e. The van der Waals surface area contributed by atoms with Gasteiger partial charge >= 0.3 is 59.9 Å². The van der Waals surface area contributed by atoms with Crippen LogP contribution in [0.3, 0.4) is 0 Å². The van der Waals surface area contributed by atoms with Gasteiger partial charge in [0.25, 0.3) is 0 Å². The highest BCUT2D eigenvalue weighted by Gasteiger charge is 2.74. The van der Waals surface area contributed by atoms with Gasteiger partial charge < -0.3 is 40.0 Å². The molecule has 4 N–H and O–H groups in total. The number of hydrogen-bond donors (Lipinski definition) is 3. The van der Waals surface area contributed by atoms with E-state index < -0.39 is 59.9 Å². The Morgan fingerprint density at radius 3 is 1.22 bits per heavy atom. The molecule has 41 heavy (non-hydrogen) atoms. The largest absolute Gasteiger partial charge is 0.415 e. The Balaban J connectivity index is 2.51. The van der Waals surface area contributed by atoms with Gasteiger partial charge in [-0.3, -0.25) is 0 Å². The molecular formula is C25H61NO8Si7. The third-order valence-electron chi connectivity index (χ3n) is 9.94. The summed E-state index contributed by atoms with van der Waals surface area (Å²) < 4.78 is 45.1. The van der Waals surface area contributed by atoms with Crippen LogP contribution in [-0.4, -0.2) is 76.1 Å². The van der Waals surface area contributed by atoms with Crippen LogP contribution in [0, 0.1) is 0 Å². The summed E-state index contributed by atoms with van der Waals surface area (Å²) in [6.07, 6.45) is 0.760. The van der Waals surface area contributed by atoms with Gasteiger partial charge in [0.15, 0.2) is 0 Å². The van der Waals surface area contributed by atoms with Crippen molar-refractivity contribution >= 4 is 59.9 Å². The van der Waals surface area contributed by atoms with E-state index >= 15 is 0 Å². The second-order valence-corrected chi connectivity index (χ2v) is 43.7. The molecule has 9 nitrogen and oxygen atoms in total. The molecule has 0 spiro atoms. The van der Waals surface area contributed by atoms with Gasteiger partial charge in [0.2, 0.25) is 0 Å². The lowest BCUT2D eigenvalue weighted by molar-refractivity contribution is 0.181. The zero-order valence-corrected chi connectivity index (χ0v) is 35.1. The molecule has 16 heteroatoms. The molecule has 4 bridgehead atoms. The van der Waals surface area contributed by atoms with Gasteiger partial charge in [-0.05, 0) is 58.8 Å². The van der Waals surface area contributed by atoms with E-state index in [1.54, 1.807) is 0 Å². The first-order valence-electron chi connectivity index (χ1n) is 15.9. The van der Waals surface area contributed by atoms with E-state index in [-0.39, 0.29) is 33.2 Å². The van der Waals surface area contributed by atoms with Crippen molar-refractivity contribution in [3.05, 3.63) is 0 Å². The van der Waals surface area contributed by atoms with Crippen LogP contribution >= 0.6 is 0 Å². The Morgan fingerprint density at radius 2 is 0.902 bits per heavy atom. The highest BCUT2D eigenvalue weighted by atomic mass is 28.6. The van der Waals surface area contributed by atoms with Crippen molar-refractivity contribution in [2.45, 2.75) is 152 Å². The summed E-state index contributed by atoms with van der Waals surface area (Å²) >= 11 is 0. The van der Waals surface area contributed by atoms with Gasteiger partial charge in [-0.25, -0.2) is 0 Å². The second kappa shape index (κ2) is 12.4. The van der Waals surface area contributed by atoms with Crippen molar-refractivity contribution in [1.82, 2.24) is 0 Å². The van der Waals surface area contributed by atoms with Crippen molar-refractivity contribution < 1.29 is 34.3 Å². The van der Waals surface area contributed by atoms with Crippen LogP contribution < -0.4 is 5.73 Å². The first kappa shape index (κ1) is 36.6. The lowest BCUT2D eigenvalue weighted by atomic mass is 10.5. The molecule has 3 aliphatic heterocycles. The molecule has 0 radical (unpaired) electrons. The SMILES string of the molecule is CC(C)[Si]1(O)C[Si]2(C(C)C)O[Si]3(CCCN)C[Si](C(C)C)(O[Si](O)(C(C)C)C[Si](C(C)C)(O3)O1)O[Si](C)(C(C)C)O2. The summed E-state index contributed by atoms with van der Waals surface area (Å²) in [5.74, 6) is 0. The maximum atomic E-state index is 12.7. The Hall–Kier alpha value is 1.16. The van der Waals surface area contributed by atoms with Crippen LogP contribution in [0.4, 0.5) is 0 Å². The monoisotopic (exact) mass is 699 g/mol. The Bertz CT molecular complexity index is 797. The van der Waals surface area contributed by atoms with Crippen molar-refractivity contribution in [2.75, 3.05) is 6.54 Å². The van der Waals surface area contributed by atoms with Crippen molar-refractivity contribution in [1.29, 1.82) is 0 Å². The maximum absolute atomic E-state index is 12.7. The van der Waals surface area contributed by atoms with Crippen LogP contribution in [0.2, 0.25) is 62.8 Å². The standard InChI is InChI=1S/C25H61NO8Si7/c1-20(2)35(13)29-39(23(7)8)17-36(16-14-15-26)31-40(30-35,24(9)10)18-37(27,21(3)4)34-41(32-36,25(11)12)19-38(28,33-39)22(5)6/h20-25,27-28H,14-19,26H2,1-13H3. The normalized spacial score (nSPS) is 44.0. The van der Waals surface area contributed by atoms with E-state index in [2.05, 4.69) is 89.6 Å². The smallest absolute Gasteiger partial charge is 0.331 e.